The van der Waals surface area contributed by atoms with E-state index in [4.69, 9.17) is 4.74 Å². The quantitative estimate of drug-likeness (QED) is 0.531. The molecule has 0 radical (unpaired) electrons. The Labute approximate surface area is 147 Å². The maximum absolute atomic E-state index is 5.24. The molecule has 3 heteroatoms. The van der Waals surface area contributed by atoms with Gasteiger partial charge in [0.05, 0.1) is 18.1 Å². The molecule has 0 bridgehead atoms. The van der Waals surface area contributed by atoms with Crippen molar-refractivity contribution in [2.75, 3.05) is 7.11 Å². The first-order valence-electron chi connectivity index (χ1n) is 8.39. The Kier molecular flexibility index (Phi) is 3.98. The van der Waals surface area contributed by atoms with Crippen molar-refractivity contribution in [2.24, 2.45) is 0 Å². The fourth-order valence-electron chi connectivity index (χ4n) is 3.05. The van der Waals surface area contributed by atoms with Crippen molar-refractivity contribution in [1.29, 1.82) is 0 Å². The maximum atomic E-state index is 5.24. The SMILES string of the molecule is COc1ccc(-n2cnc3ccc(Cc4ccc(C)cc4)cc32)cc1. The highest BCUT2D eigenvalue weighted by Gasteiger charge is 2.07. The van der Waals surface area contributed by atoms with Crippen LogP contribution in [0, 0.1) is 6.92 Å². The number of imidazole rings is 1. The zero-order valence-corrected chi connectivity index (χ0v) is 14.4. The molecule has 0 N–H and O–H groups in total. The molecule has 3 aromatic carbocycles. The lowest BCUT2D eigenvalue weighted by Crippen LogP contribution is -1.94. The van der Waals surface area contributed by atoms with E-state index in [1.54, 1.807) is 7.11 Å². The van der Waals surface area contributed by atoms with Crippen molar-refractivity contribution < 1.29 is 4.74 Å². The summed E-state index contributed by atoms with van der Waals surface area (Å²) in [4.78, 5) is 4.53. The summed E-state index contributed by atoms with van der Waals surface area (Å²) < 4.78 is 7.36. The van der Waals surface area contributed by atoms with Crippen LogP contribution in [0.1, 0.15) is 16.7 Å². The van der Waals surface area contributed by atoms with E-state index in [0.29, 0.717) is 0 Å². The Morgan fingerprint density at radius 1 is 0.880 bits per heavy atom. The third-order valence-electron chi connectivity index (χ3n) is 4.49. The number of methoxy groups -OCH3 is 1. The average molecular weight is 328 g/mol. The number of benzene rings is 3. The highest BCUT2D eigenvalue weighted by molar-refractivity contribution is 5.78. The molecule has 3 nitrogen and oxygen atoms in total. The van der Waals surface area contributed by atoms with E-state index in [0.717, 1.165) is 28.9 Å². The lowest BCUT2D eigenvalue weighted by molar-refractivity contribution is 0.415. The second kappa shape index (κ2) is 6.44. The molecule has 25 heavy (non-hydrogen) atoms. The average Bonchev–Trinajstić information content (AvgIpc) is 3.07. The lowest BCUT2D eigenvalue weighted by atomic mass is 10.0. The van der Waals surface area contributed by atoms with E-state index in [-0.39, 0.29) is 0 Å². The number of aryl methyl sites for hydroxylation is 1. The van der Waals surface area contributed by atoms with Crippen molar-refractivity contribution in [3.63, 3.8) is 0 Å². The molecule has 1 aromatic heterocycles. The van der Waals surface area contributed by atoms with Crippen LogP contribution in [-0.4, -0.2) is 16.7 Å². The number of nitrogens with zero attached hydrogens (tertiary/aromatic N) is 2. The summed E-state index contributed by atoms with van der Waals surface area (Å²) in [6.45, 7) is 2.11. The van der Waals surface area contributed by atoms with Crippen LogP contribution in [0.5, 0.6) is 5.75 Å². The largest absolute Gasteiger partial charge is 0.497 e. The van der Waals surface area contributed by atoms with Gasteiger partial charge in [-0.1, -0.05) is 35.9 Å². The van der Waals surface area contributed by atoms with Gasteiger partial charge in [0.15, 0.2) is 0 Å². The van der Waals surface area contributed by atoms with Crippen LogP contribution in [0.2, 0.25) is 0 Å². The van der Waals surface area contributed by atoms with Gasteiger partial charge in [-0.05, 0) is 60.9 Å². The Hall–Kier alpha value is -3.07. The Bertz CT molecular complexity index is 999. The molecule has 0 fully saturated rings. The number of hydrogen-bond acceptors (Lipinski definition) is 2. The number of fused-ring (bicyclic) bond motifs is 1. The van der Waals surface area contributed by atoms with Gasteiger partial charge in [-0.15, -0.1) is 0 Å². The minimum absolute atomic E-state index is 0.855. The third kappa shape index (κ3) is 3.13. The van der Waals surface area contributed by atoms with Crippen LogP contribution in [0.25, 0.3) is 16.7 Å². The fourth-order valence-corrected chi connectivity index (χ4v) is 3.05. The molecule has 0 unspecified atom stereocenters. The lowest BCUT2D eigenvalue weighted by Gasteiger charge is -2.07. The van der Waals surface area contributed by atoms with E-state index < -0.39 is 0 Å². The second-order valence-electron chi connectivity index (χ2n) is 6.30. The van der Waals surface area contributed by atoms with Crippen LogP contribution < -0.4 is 4.74 Å². The summed E-state index contributed by atoms with van der Waals surface area (Å²) in [5.41, 5.74) is 7.10. The van der Waals surface area contributed by atoms with E-state index in [2.05, 4.69) is 58.9 Å². The monoisotopic (exact) mass is 328 g/mol. The fraction of sp³-hybridized carbons (Fsp3) is 0.136. The molecule has 0 aliphatic heterocycles. The first kappa shape index (κ1) is 15.5. The summed E-state index contributed by atoms with van der Waals surface area (Å²) >= 11 is 0. The maximum Gasteiger partial charge on any atom is 0.119 e. The molecular weight excluding hydrogens is 308 g/mol. The van der Waals surface area contributed by atoms with Gasteiger partial charge in [-0.2, -0.15) is 0 Å². The predicted molar refractivity (Wildman–Crippen MR) is 102 cm³/mol. The minimum Gasteiger partial charge on any atom is -0.497 e. The molecule has 0 atom stereocenters. The standard InChI is InChI=1S/C22H20N2O/c1-16-3-5-17(6-4-16)13-18-7-12-21-22(14-18)24(15-23-21)19-8-10-20(25-2)11-9-19/h3-12,14-15H,13H2,1-2H3. The molecule has 0 spiro atoms. The van der Waals surface area contributed by atoms with E-state index >= 15 is 0 Å². The van der Waals surface area contributed by atoms with Crippen LogP contribution in [0.4, 0.5) is 0 Å². The van der Waals surface area contributed by atoms with Gasteiger partial charge in [0.25, 0.3) is 0 Å². The zero-order valence-electron chi connectivity index (χ0n) is 14.4. The van der Waals surface area contributed by atoms with Crippen LogP contribution in [0.3, 0.4) is 0 Å². The smallest absolute Gasteiger partial charge is 0.119 e. The molecule has 124 valence electrons. The van der Waals surface area contributed by atoms with Crippen LogP contribution >= 0.6 is 0 Å². The normalized spacial score (nSPS) is 11.0. The summed E-state index contributed by atoms with van der Waals surface area (Å²) in [6, 6.07) is 23.2. The number of aromatic nitrogens is 2. The topological polar surface area (TPSA) is 27.1 Å². The van der Waals surface area contributed by atoms with Crippen LogP contribution in [0.15, 0.2) is 73.1 Å². The molecule has 4 rings (SSSR count). The number of ether oxygens (including phenoxy) is 1. The summed E-state index contributed by atoms with van der Waals surface area (Å²) in [5.74, 6) is 0.855. The highest BCUT2D eigenvalue weighted by Crippen LogP contribution is 2.22. The Morgan fingerprint density at radius 2 is 1.60 bits per heavy atom. The first-order valence-corrected chi connectivity index (χ1v) is 8.39. The molecule has 0 saturated carbocycles. The molecule has 4 aromatic rings. The van der Waals surface area contributed by atoms with Crippen LogP contribution in [-0.2, 0) is 6.42 Å². The van der Waals surface area contributed by atoms with Crippen molar-refractivity contribution in [1.82, 2.24) is 9.55 Å². The molecule has 0 aliphatic rings. The van der Waals surface area contributed by atoms with Gasteiger partial charge in [-0.25, -0.2) is 4.98 Å². The van der Waals surface area contributed by atoms with E-state index in [1.807, 2.05) is 30.6 Å². The van der Waals surface area contributed by atoms with E-state index in [1.165, 1.54) is 16.7 Å². The van der Waals surface area contributed by atoms with Crippen molar-refractivity contribution in [3.8, 4) is 11.4 Å². The molecule has 1 heterocycles. The van der Waals surface area contributed by atoms with Crippen molar-refractivity contribution in [3.05, 3.63) is 89.7 Å². The summed E-state index contributed by atoms with van der Waals surface area (Å²) in [5, 5.41) is 0. The molecular formula is C22H20N2O. The van der Waals surface area contributed by atoms with Gasteiger partial charge in [0.2, 0.25) is 0 Å². The van der Waals surface area contributed by atoms with Gasteiger partial charge in [-0.3, -0.25) is 4.57 Å². The highest BCUT2D eigenvalue weighted by atomic mass is 16.5. The van der Waals surface area contributed by atoms with Gasteiger partial charge in [0, 0.05) is 5.69 Å². The predicted octanol–water partition coefficient (Wildman–Crippen LogP) is 4.93. The molecule has 0 aliphatic carbocycles. The minimum atomic E-state index is 0.855. The first-order chi connectivity index (χ1) is 12.2. The van der Waals surface area contributed by atoms with Crippen molar-refractivity contribution in [2.45, 2.75) is 13.3 Å². The Balaban J connectivity index is 1.70. The molecule has 0 saturated heterocycles. The molecule has 0 amide bonds. The number of rotatable bonds is 4. The second-order valence-corrected chi connectivity index (χ2v) is 6.30. The summed E-state index contributed by atoms with van der Waals surface area (Å²) in [7, 11) is 1.68. The number of hydrogen-bond donors (Lipinski definition) is 0. The summed E-state index contributed by atoms with van der Waals surface area (Å²) in [6.07, 6.45) is 2.80. The van der Waals surface area contributed by atoms with Gasteiger partial charge >= 0.3 is 0 Å². The Morgan fingerprint density at radius 3 is 2.32 bits per heavy atom. The van der Waals surface area contributed by atoms with Crippen molar-refractivity contribution >= 4 is 11.0 Å². The third-order valence-corrected chi connectivity index (χ3v) is 4.49. The van der Waals surface area contributed by atoms with Gasteiger partial charge in [0.1, 0.15) is 12.1 Å². The van der Waals surface area contributed by atoms with E-state index in [9.17, 15) is 0 Å². The zero-order chi connectivity index (χ0) is 17.2. The van der Waals surface area contributed by atoms with Gasteiger partial charge < -0.3 is 4.74 Å².